The van der Waals surface area contributed by atoms with Crippen LogP contribution in [-0.2, 0) is 16.8 Å². The molecule has 7 nitrogen and oxygen atoms in total. The van der Waals surface area contributed by atoms with Crippen LogP contribution in [0.4, 0.5) is 5.82 Å². The number of hydrogen-bond acceptors (Lipinski definition) is 4. The fraction of sp³-hybridized carbons (Fsp3) is 0.250. The van der Waals surface area contributed by atoms with Crippen molar-refractivity contribution < 1.29 is 13.2 Å². The van der Waals surface area contributed by atoms with Gasteiger partial charge in [-0.1, -0.05) is 12.1 Å². The molecule has 0 radical (unpaired) electrons. The highest BCUT2D eigenvalue weighted by Gasteiger charge is 2.18. The number of rotatable bonds is 6. The molecule has 0 aliphatic rings. The highest BCUT2D eigenvalue weighted by molar-refractivity contribution is 7.90. The van der Waals surface area contributed by atoms with Crippen LogP contribution in [0.2, 0.25) is 0 Å². The van der Waals surface area contributed by atoms with Crippen LogP contribution in [0.15, 0.2) is 36.5 Å². The summed E-state index contributed by atoms with van der Waals surface area (Å²) in [5.41, 5.74) is 0.835. The smallest absolute Gasteiger partial charge is 0.302 e. The first-order valence-corrected chi connectivity index (χ1v) is 7.31. The Bertz CT molecular complexity index is 655. The first-order valence-electron chi connectivity index (χ1n) is 5.87. The molecule has 0 fully saturated rings. The molecular weight excluding hydrogens is 280 g/mol. The van der Waals surface area contributed by atoms with Crippen LogP contribution < -0.4 is 9.46 Å². The maximum atomic E-state index is 12.1. The monoisotopic (exact) mass is 296 g/mol. The van der Waals surface area contributed by atoms with E-state index in [4.69, 9.17) is 4.74 Å². The zero-order valence-corrected chi connectivity index (χ0v) is 12.0. The maximum absolute atomic E-state index is 12.1. The van der Waals surface area contributed by atoms with Gasteiger partial charge in [0.05, 0.1) is 13.3 Å². The van der Waals surface area contributed by atoms with Crippen molar-refractivity contribution in [3.05, 3.63) is 42.1 Å². The Hall–Kier alpha value is -2.06. The molecule has 2 rings (SSSR count). The molecule has 1 aromatic carbocycles. The van der Waals surface area contributed by atoms with Crippen molar-refractivity contribution in [2.45, 2.75) is 6.54 Å². The summed E-state index contributed by atoms with van der Waals surface area (Å²) < 4.78 is 32.9. The van der Waals surface area contributed by atoms with Crippen LogP contribution >= 0.6 is 0 Å². The molecule has 1 aromatic heterocycles. The molecule has 0 aliphatic carbocycles. The Morgan fingerprint density at radius 3 is 2.85 bits per heavy atom. The number of nitrogens with one attached hydrogen (secondary N) is 2. The highest BCUT2D eigenvalue weighted by Crippen LogP contribution is 2.15. The summed E-state index contributed by atoms with van der Waals surface area (Å²) in [5, 5.41) is 6.23. The number of anilines is 1. The maximum Gasteiger partial charge on any atom is 0.302 e. The summed E-state index contributed by atoms with van der Waals surface area (Å²) in [5.74, 6) is 1.01. The van der Waals surface area contributed by atoms with Gasteiger partial charge in [-0.3, -0.25) is 9.82 Å². The minimum Gasteiger partial charge on any atom is -0.497 e. The van der Waals surface area contributed by atoms with Gasteiger partial charge >= 0.3 is 10.2 Å². The molecule has 0 unspecified atom stereocenters. The standard InChI is InChI=1S/C12H16N4O3S/c1-16(9-10-4-3-5-11(8-10)19-2)20(17,18)15-12-6-7-13-14-12/h3-8H,9H2,1-2H3,(H2,13,14,15). The van der Waals surface area contributed by atoms with Crippen LogP contribution in [-0.4, -0.2) is 37.1 Å². The largest absolute Gasteiger partial charge is 0.497 e. The molecule has 0 saturated heterocycles. The van der Waals surface area contributed by atoms with E-state index in [1.54, 1.807) is 19.2 Å². The van der Waals surface area contributed by atoms with Gasteiger partial charge in [0.2, 0.25) is 0 Å². The highest BCUT2D eigenvalue weighted by atomic mass is 32.2. The normalized spacial score (nSPS) is 11.6. The van der Waals surface area contributed by atoms with E-state index >= 15 is 0 Å². The van der Waals surface area contributed by atoms with Gasteiger partial charge in [-0.25, -0.2) is 0 Å². The quantitative estimate of drug-likeness (QED) is 0.838. The summed E-state index contributed by atoms with van der Waals surface area (Å²) in [6, 6.07) is 8.79. The summed E-state index contributed by atoms with van der Waals surface area (Å²) in [7, 11) is -0.563. The molecule has 108 valence electrons. The van der Waals surface area contributed by atoms with Crippen LogP contribution in [0, 0.1) is 0 Å². The summed E-state index contributed by atoms with van der Waals surface area (Å²) >= 11 is 0. The first-order chi connectivity index (χ1) is 9.51. The summed E-state index contributed by atoms with van der Waals surface area (Å²) in [6.07, 6.45) is 1.47. The van der Waals surface area contributed by atoms with Crippen molar-refractivity contribution in [2.24, 2.45) is 0 Å². The molecule has 2 aromatic rings. The Balaban J connectivity index is 2.08. The predicted octanol–water partition coefficient (Wildman–Crippen LogP) is 1.21. The fourth-order valence-corrected chi connectivity index (χ4v) is 2.51. The summed E-state index contributed by atoms with van der Waals surface area (Å²) in [6.45, 7) is 0.237. The second-order valence-corrected chi connectivity index (χ2v) is 5.96. The Kier molecular flexibility index (Phi) is 4.26. The topological polar surface area (TPSA) is 87.3 Å². The number of ether oxygens (including phenoxy) is 1. The minimum absolute atomic E-state index is 0.237. The van der Waals surface area contributed by atoms with Gasteiger partial charge in [0.15, 0.2) is 0 Å². The van der Waals surface area contributed by atoms with Crippen LogP contribution in [0.3, 0.4) is 0 Å². The van der Waals surface area contributed by atoms with Crippen molar-refractivity contribution >= 4 is 16.0 Å². The van der Waals surface area contributed by atoms with E-state index in [9.17, 15) is 8.42 Å². The Morgan fingerprint density at radius 2 is 2.20 bits per heavy atom. The van der Waals surface area contributed by atoms with E-state index in [0.29, 0.717) is 11.6 Å². The number of hydrogen-bond donors (Lipinski definition) is 2. The predicted molar refractivity (Wildman–Crippen MR) is 75.6 cm³/mol. The van der Waals surface area contributed by atoms with Crippen molar-refractivity contribution in [1.82, 2.24) is 14.5 Å². The van der Waals surface area contributed by atoms with Crippen LogP contribution in [0.25, 0.3) is 0 Å². The van der Waals surface area contributed by atoms with E-state index in [2.05, 4.69) is 14.9 Å². The molecule has 8 heteroatoms. The number of benzene rings is 1. The van der Waals surface area contributed by atoms with Gasteiger partial charge in [-0.2, -0.15) is 17.8 Å². The third-order valence-electron chi connectivity index (χ3n) is 2.69. The van der Waals surface area contributed by atoms with Gasteiger partial charge in [0, 0.05) is 19.7 Å². The van der Waals surface area contributed by atoms with E-state index in [-0.39, 0.29) is 6.54 Å². The lowest BCUT2D eigenvalue weighted by atomic mass is 10.2. The Morgan fingerprint density at radius 1 is 1.40 bits per heavy atom. The molecule has 0 amide bonds. The third kappa shape index (κ3) is 3.49. The van der Waals surface area contributed by atoms with E-state index in [0.717, 1.165) is 5.56 Å². The van der Waals surface area contributed by atoms with Gasteiger partial charge in [-0.15, -0.1) is 0 Å². The first kappa shape index (κ1) is 14.4. The molecule has 0 atom stereocenters. The lowest BCUT2D eigenvalue weighted by Gasteiger charge is -2.17. The zero-order chi connectivity index (χ0) is 14.6. The fourth-order valence-electron chi connectivity index (χ4n) is 1.64. The average Bonchev–Trinajstić information content (AvgIpc) is 2.91. The molecule has 0 aliphatic heterocycles. The SMILES string of the molecule is COc1cccc(CN(C)S(=O)(=O)Nc2ccn[nH]2)c1. The third-order valence-corrected chi connectivity index (χ3v) is 4.12. The van der Waals surface area contributed by atoms with Crippen molar-refractivity contribution in [2.75, 3.05) is 18.9 Å². The number of nitrogens with zero attached hydrogens (tertiary/aromatic N) is 2. The van der Waals surface area contributed by atoms with Crippen molar-refractivity contribution in [3.8, 4) is 5.75 Å². The molecule has 20 heavy (non-hydrogen) atoms. The van der Waals surface area contributed by atoms with Gasteiger partial charge in [0.25, 0.3) is 0 Å². The average molecular weight is 296 g/mol. The summed E-state index contributed by atoms with van der Waals surface area (Å²) in [4.78, 5) is 0. The van der Waals surface area contributed by atoms with E-state index < -0.39 is 10.2 Å². The Labute approximate surface area is 117 Å². The molecule has 0 spiro atoms. The lowest BCUT2D eigenvalue weighted by Crippen LogP contribution is -2.32. The number of H-pyrrole nitrogens is 1. The second-order valence-electron chi connectivity index (χ2n) is 4.18. The number of aromatic nitrogens is 2. The van der Waals surface area contributed by atoms with Gasteiger partial charge in [0.1, 0.15) is 11.6 Å². The van der Waals surface area contributed by atoms with Gasteiger partial charge < -0.3 is 4.74 Å². The minimum atomic E-state index is -3.63. The van der Waals surface area contributed by atoms with Crippen molar-refractivity contribution in [3.63, 3.8) is 0 Å². The molecule has 0 saturated carbocycles. The second kappa shape index (κ2) is 5.93. The number of methoxy groups -OCH3 is 1. The lowest BCUT2D eigenvalue weighted by molar-refractivity contribution is 0.412. The molecular formula is C12H16N4O3S. The van der Waals surface area contributed by atoms with Crippen molar-refractivity contribution in [1.29, 1.82) is 0 Å². The van der Waals surface area contributed by atoms with Gasteiger partial charge in [-0.05, 0) is 17.7 Å². The van der Waals surface area contributed by atoms with E-state index in [1.165, 1.54) is 23.6 Å². The van der Waals surface area contributed by atoms with Crippen LogP contribution in [0.5, 0.6) is 5.75 Å². The zero-order valence-electron chi connectivity index (χ0n) is 11.2. The number of aromatic amines is 1. The van der Waals surface area contributed by atoms with Crippen LogP contribution in [0.1, 0.15) is 5.56 Å². The molecule has 0 bridgehead atoms. The molecule has 2 N–H and O–H groups in total. The molecule has 1 heterocycles. The van der Waals surface area contributed by atoms with E-state index in [1.807, 2.05) is 12.1 Å².